The number of carbonyl (C=O) groups excluding carboxylic acids is 3. The first-order valence-corrected chi connectivity index (χ1v) is 13.6. The molecule has 2 N–H and O–H groups in total. The monoisotopic (exact) mass is 515 g/mol. The number of aromatic nitrogens is 1. The van der Waals surface area contributed by atoms with Crippen LogP contribution in [0.3, 0.4) is 0 Å². The normalized spacial score (nSPS) is 13.8. The van der Waals surface area contributed by atoms with Crippen molar-refractivity contribution < 1.29 is 19.1 Å². The maximum Gasteiger partial charge on any atom is 0.308 e. The number of esters is 1. The van der Waals surface area contributed by atoms with Crippen LogP contribution in [0.15, 0.2) is 35.7 Å². The fraction of sp³-hybridized carbons (Fsp3) is 0.571. The molecule has 2 rings (SSSR count). The standard InChI is InChI=1S/C28H41N3O4S/c1-18(2)14-25(32)30-23(19(3)4)12-13-26-31-24(17-36-26)27(33)29-22(15-20(5)28(34)35-6)16-21-10-8-7-9-11-21/h7-11,17-20,22-23H,12-16H2,1-6H3,(H,29,33)(H,30,32). The van der Waals surface area contributed by atoms with Gasteiger partial charge in [0.15, 0.2) is 0 Å². The van der Waals surface area contributed by atoms with Gasteiger partial charge in [0, 0.05) is 30.3 Å². The van der Waals surface area contributed by atoms with Crippen molar-refractivity contribution in [2.45, 2.75) is 78.8 Å². The fourth-order valence-electron chi connectivity index (χ4n) is 4.09. The maximum absolute atomic E-state index is 13.0. The number of benzene rings is 1. The summed E-state index contributed by atoms with van der Waals surface area (Å²) in [4.78, 5) is 41.8. The van der Waals surface area contributed by atoms with Gasteiger partial charge in [0.25, 0.3) is 5.91 Å². The van der Waals surface area contributed by atoms with Gasteiger partial charge in [-0.25, -0.2) is 4.98 Å². The van der Waals surface area contributed by atoms with Gasteiger partial charge in [-0.1, -0.05) is 65.0 Å². The number of hydrogen-bond donors (Lipinski definition) is 2. The molecule has 0 fully saturated rings. The zero-order valence-corrected chi connectivity index (χ0v) is 23.2. The minimum Gasteiger partial charge on any atom is -0.469 e. The van der Waals surface area contributed by atoms with Crippen LogP contribution in [0.5, 0.6) is 0 Å². The van der Waals surface area contributed by atoms with Crippen molar-refractivity contribution in [1.82, 2.24) is 15.6 Å². The summed E-state index contributed by atoms with van der Waals surface area (Å²) in [7, 11) is 1.38. The SMILES string of the molecule is COC(=O)C(C)CC(Cc1ccccc1)NC(=O)c1csc(CCC(NC(=O)CC(C)C)C(C)C)n1. The van der Waals surface area contributed by atoms with E-state index in [2.05, 4.69) is 29.5 Å². The molecule has 36 heavy (non-hydrogen) atoms. The van der Waals surface area contributed by atoms with Crippen LogP contribution in [0.4, 0.5) is 0 Å². The number of nitrogens with one attached hydrogen (secondary N) is 2. The van der Waals surface area contributed by atoms with Gasteiger partial charge in [-0.2, -0.15) is 0 Å². The molecule has 0 aliphatic rings. The lowest BCUT2D eigenvalue weighted by molar-refractivity contribution is -0.145. The Balaban J connectivity index is 2.01. The molecule has 2 amide bonds. The number of ether oxygens (including phenoxy) is 1. The summed E-state index contributed by atoms with van der Waals surface area (Å²) in [5.41, 5.74) is 1.46. The lowest BCUT2D eigenvalue weighted by Crippen LogP contribution is -2.39. The molecule has 7 nitrogen and oxygen atoms in total. The number of nitrogens with zero attached hydrogens (tertiary/aromatic N) is 1. The number of carbonyl (C=O) groups is 3. The van der Waals surface area contributed by atoms with E-state index in [-0.39, 0.29) is 35.8 Å². The molecule has 3 unspecified atom stereocenters. The van der Waals surface area contributed by atoms with Crippen molar-refractivity contribution >= 4 is 29.1 Å². The summed E-state index contributed by atoms with van der Waals surface area (Å²) in [5.74, 6) is -0.180. The van der Waals surface area contributed by atoms with Crippen LogP contribution >= 0.6 is 11.3 Å². The molecule has 3 atom stereocenters. The molecule has 0 aliphatic heterocycles. The van der Waals surface area contributed by atoms with E-state index in [0.717, 1.165) is 17.0 Å². The second kappa shape index (κ2) is 14.7. The Morgan fingerprint density at radius 1 is 1.03 bits per heavy atom. The summed E-state index contributed by atoms with van der Waals surface area (Å²) >= 11 is 1.46. The molecular formula is C28H41N3O4S. The molecule has 2 aromatic rings. The fourth-order valence-corrected chi connectivity index (χ4v) is 4.89. The average molecular weight is 516 g/mol. The Morgan fingerprint density at radius 2 is 1.72 bits per heavy atom. The number of thiazole rings is 1. The second-order valence-corrected chi connectivity index (χ2v) is 11.1. The molecule has 0 aliphatic carbocycles. The predicted octanol–water partition coefficient (Wildman–Crippen LogP) is 4.80. The molecule has 0 radical (unpaired) electrons. The van der Waals surface area contributed by atoms with Crippen molar-refractivity contribution in [3.8, 4) is 0 Å². The summed E-state index contributed by atoms with van der Waals surface area (Å²) in [6.07, 6.45) is 3.05. The smallest absolute Gasteiger partial charge is 0.308 e. The molecule has 1 aromatic heterocycles. The third-order valence-corrected chi connectivity index (χ3v) is 7.01. The van der Waals surface area contributed by atoms with E-state index in [9.17, 15) is 14.4 Å². The highest BCUT2D eigenvalue weighted by molar-refractivity contribution is 7.09. The molecule has 1 heterocycles. The van der Waals surface area contributed by atoms with Gasteiger partial charge >= 0.3 is 5.97 Å². The van der Waals surface area contributed by atoms with Crippen molar-refractivity contribution in [1.29, 1.82) is 0 Å². The lowest BCUT2D eigenvalue weighted by atomic mass is 9.96. The van der Waals surface area contributed by atoms with Gasteiger partial charge in [0.1, 0.15) is 5.69 Å². The zero-order valence-electron chi connectivity index (χ0n) is 22.4. The Morgan fingerprint density at radius 3 is 2.33 bits per heavy atom. The van der Waals surface area contributed by atoms with Gasteiger partial charge in [0.05, 0.1) is 18.0 Å². The zero-order chi connectivity index (χ0) is 26.7. The predicted molar refractivity (Wildman–Crippen MR) is 144 cm³/mol. The highest BCUT2D eigenvalue weighted by atomic mass is 32.1. The van der Waals surface area contributed by atoms with Gasteiger partial charge < -0.3 is 15.4 Å². The van der Waals surface area contributed by atoms with E-state index < -0.39 is 0 Å². The highest BCUT2D eigenvalue weighted by Crippen LogP contribution is 2.18. The van der Waals surface area contributed by atoms with Crippen LogP contribution in [-0.4, -0.2) is 42.0 Å². The molecule has 8 heteroatoms. The second-order valence-electron chi connectivity index (χ2n) is 10.2. The van der Waals surface area contributed by atoms with Gasteiger partial charge in [-0.05, 0) is 36.7 Å². The average Bonchev–Trinajstić information content (AvgIpc) is 3.30. The minimum absolute atomic E-state index is 0.0625. The Bertz CT molecular complexity index is 974. The van der Waals surface area contributed by atoms with E-state index in [0.29, 0.717) is 43.2 Å². The van der Waals surface area contributed by atoms with Crippen LogP contribution in [0.25, 0.3) is 0 Å². The van der Waals surface area contributed by atoms with Gasteiger partial charge in [0.2, 0.25) is 5.91 Å². The molecular weight excluding hydrogens is 474 g/mol. The van der Waals surface area contributed by atoms with Crippen molar-refractivity contribution in [3.05, 3.63) is 52.0 Å². The topological polar surface area (TPSA) is 97.4 Å². The molecule has 0 saturated heterocycles. The van der Waals surface area contributed by atoms with Crippen LogP contribution in [0.1, 0.15) is 74.9 Å². The van der Waals surface area contributed by atoms with E-state index in [4.69, 9.17) is 4.74 Å². The van der Waals surface area contributed by atoms with Gasteiger partial charge in [-0.15, -0.1) is 11.3 Å². The van der Waals surface area contributed by atoms with E-state index in [1.54, 1.807) is 5.38 Å². The summed E-state index contributed by atoms with van der Waals surface area (Å²) in [6.45, 7) is 10.1. The van der Waals surface area contributed by atoms with Crippen LogP contribution < -0.4 is 10.6 Å². The number of methoxy groups -OCH3 is 1. The third-order valence-electron chi connectivity index (χ3n) is 6.10. The molecule has 1 aromatic carbocycles. The summed E-state index contributed by atoms with van der Waals surface area (Å²) < 4.78 is 4.87. The van der Waals surface area contributed by atoms with Crippen molar-refractivity contribution in [2.24, 2.45) is 17.8 Å². The van der Waals surface area contributed by atoms with E-state index in [1.807, 2.05) is 51.1 Å². The van der Waals surface area contributed by atoms with Gasteiger partial charge in [-0.3, -0.25) is 14.4 Å². The Labute approximate surface area is 219 Å². The quantitative estimate of drug-likeness (QED) is 0.352. The van der Waals surface area contributed by atoms with Crippen LogP contribution in [-0.2, 0) is 27.2 Å². The van der Waals surface area contributed by atoms with Crippen molar-refractivity contribution in [3.63, 3.8) is 0 Å². The Kier molecular flexibility index (Phi) is 12.1. The molecule has 0 bridgehead atoms. The number of aryl methyl sites for hydroxylation is 1. The maximum atomic E-state index is 13.0. The summed E-state index contributed by atoms with van der Waals surface area (Å²) in [5, 5.41) is 8.86. The lowest BCUT2D eigenvalue weighted by Gasteiger charge is -2.22. The van der Waals surface area contributed by atoms with Crippen molar-refractivity contribution in [2.75, 3.05) is 7.11 Å². The first kappa shape index (κ1) is 29.5. The number of rotatable bonds is 14. The number of hydrogen-bond acceptors (Lipinski definition) is 6. The van der Waals surface area contributed by atoms with E-state index in [1.165, 1.54) is 18.4 Å². The molecule has 0 spiro atoms. The summed E-state index contributed by atoms with van der Waals surface area (Å²) in [6, 6.07) is 9.71. The third kappa shape index (κ3) is 10.1. The Hall–Kier alpha value is -2.74. The van der Waals surface area contributed by atoms with Crippen LogP contribution in [0, 0.1) is 17.8 Å². The first-order valence-electron chi connectivity index (χ1n) is 12.7. The minimum atomic E-state index is -0.339. The van der Waals surface area contributed by atoms with Crippen LogP contribution in [0.2, 0.25) is 0 Å². The van der Waals surface area contributed by atoms with E-state index >= 15 is 0 Å². The first-order chi connectivity index (χ1) is 17.1. The largest absolute Gasteiger partial charge is 0.469 e. The highest BCUT2D eigenvalue weighted by Gasteiger charge is 2.23. The number of amides is 2. The molecule has 198 valence electrons. The molecule has 0 saturated carbocycles.